The van der Waals surface area contributed by atoms with Crippen molar-refractivity contribution in [3.05, 3.63) is 5.82 Å². The Balaban J connectivity index is 2.40. The molecule has 1 unspecified atom stereocenters. The summed E-state index contributed by atoms with van der Waals surface area (Å²) in [5, 5.41) is 31.1. The van der Waals surface area contributed by atoms with E-state index in [-0.39, 0.29) is 5.82 Å². The van der Waals surface area contributed by atoms with Gasteiger partial charge in [-0.25, -0.2) is 4.79 Å². The quantitative estimate of drug-likeness (QED) is 0.417. The fraction of sp³-hybridized carbons (Fsp3) is 0.400. The maximum Gasteiger partial charge on any atom is 0.334 e. The standard InChI is InChI=1S/C5H7N5O4/c11-2(5(13)14)1-6-4(12)3-7-9-10-8-3/h2,11H,1H2,(H,6,12)(H,13,14)(H,7,8,9,10). The van der Waals surface area contributed by atoms with Gasteiger partial charge < -0.3 is 15.5 Å². The number of H-pyrrole nitrogens is 1. The molecule has 1 aromatic heterocycles. The van der Waals surface area contributed by atoms with E-state index < -0.39 is 24.5 Å². The first-order valence-electron chi connectivity index (χ1n) is 3.53. The molecule has 4 N–H and O–H groups in total. The molecule has 0 fully saturated rings. The van der Waals surface area contributed by atoms with Gasteiger partial charge in [0.15, 0.2) is 6.10 Å². The summed E-state index contributed by atoms with van der Waals surface area (Å²) in [7, 11) is 0. The lowest BCUT2D eigenvalue weighted by molar-refractivity contribution is -0.146. The van der Waals surface area contributed by atoms with Crippen molar-refractivity contribution in [2.75, 3.05) is 6.54 Å². The van der Waals surface area contributed by atoms with Crippen molar-refractivity contribution in [2.24, 2.45) is 0 Å². The number of nitrogens with one attached hydrogen (secondary N) is 2. The lowest BCUT2D eigenvalue weighted by Gasteiger charge is -2.04. The second kappa shape index (κ2) is 4.28. The summed E-state index contributed by atoms with van der Waals surface area (Å²) in [6.07, 6.45) is -1.65. The average molecular weight is 201 g/mol. The number of nitrogens with zero attached hydrogens (tertiary/aromatic N) is 3. The molecule has 14 heavy (non-hydrogen) atoms. The highest BCUT2D eigenvalue weighted by Crippen LogP contribution is 1.85. The van der Waals surface area contributed by atoms with Gasteiger partial charge in [-0.1, -0.05) is 0 Å². The second-order valence-electron chi connectivity index (χ2n) is 2.30. The van der Waals surface area contributed by atoms with E-state index >= 15 is 0 Å². The third-order valence-electron chi connectivity index (χ3n) is 1.29. The van der Waals surface area contributed by atoms with Crippen LogP contribution in [0.2, 0.25) is 0 Å². The van der Waals surface area contributed by atoms with Crippen molar-refractivity contribution < 1.29 is 19.8 Å². The summed E-state index contributed by atoms with van der Waals surface area (Å²) < 4.78 is 0. The largest absolute Gasteiger partial charge is 0.479 e. The molecule has 0 saturated carbocycles. The summed E-state index contributed by atoms with van der Waals surface area (Å²) in [5.74, 6) is -2.35. The maximum absolute atomic E-state index is 11.0. The van der Waals surface area contributed by atoms with Crippen molar-refractivity contribution in [2.45, 2.75) is 6.10 Å². The van der Waals surface area contributed by atoms with Gasteiger partial charge in [0.05, 0.1) is 6.54 Å². The molecule has 0 radical (unpaired) electrons. The van der Waals surface area contributed by atoms with Gasteiger partial charge in [-0.2, -0.15) is 5.21 Å². The Kier molecular flexibility index (Phi) is 3.07. The molecule has 0 bridgehead atoms. The summed E-state index contributed by atoms with van der Waals surface area (Å²) in [4.78, 5) is 21.2. The maximum atomic E-state index is 11.0. The minimum atomic E-state index is -1.65. The Labute approximate surface area is 77.1 Å². The van der Waals surface area contributed by atoms with Crippen LogP contribution in [-0.2, 0) is 4.79 Å². The number of carbonyl (C=O) groups is 2. The van der Waals surface area contributed by atoms with Crippen LogP contribution in [0.25, 0.3) is 0 Å². The number of aromatic amines is 1. The number of hydrogen-bond donors (Lipinski definition) is 4. The lowest BCUT2D eigenvalue weighted by atomic mass is 10.3. The van der Waals surface area contributed by atoms with Gasteiger partial charge in [-0.05, 0) is 5.21 Å². The van der Waals surface area contributed by atoms with Crippen molar-refractivity contribution in [3.8, 4) is 0 Å². The number of tetrazole rings is 1. The topological polar surface area (TPSA) is 141 Å². The Morgan fingerprint density at radius 3 is 2.79 bits per heavy atom. The molecule has 0 aliphatic rings. The van der Waals surface area contributed by atoms with Crippen molar-refractivity contribution >= 4 is 11.9 Å². The molecule has 1 heterocycles. The SMILES string of the molecule is O=C(NCC(O)C(=O)O)c1nn[nH]n1. The minimum Gasteiger partial charge on any atom is -0.479 e. The van der Waals surface area contributed by atoms with Crippen molar-refractivity contribution in [1.29, 1.82) is 0 Å². The lowest BCUT2D eigenvalue weighted by Crippen LogP contribution is -2.36. The zero-order valence-corrected chi connectivity index (χ0v) is 6.84. The van der Waals surface area contributed by atoms with E-state index in [0.717, 1.165) is 0 Å². The molecule has 0 aromatic carbocycles. The van der Waals surface area contributed by atoms with Gasteiger partial charge in [0.25, 0.3) is 11.7 Å². The second-order valence-corrected chi connectivity index (χ2v) is 2.30. The highest BCUT2D eigenvalue weighted by molar-refractivity contribution is 5.90. The van der Waals surface area contributed by atoms with E-state index in [1.807, 2.05) is 0 Å². The van der Waals surface area contributed by atoms with E-state index in [1.54, 1.807) is 0 Å². The van der Waals surface area contributed by atoms with E-state index in [0.29, 0.717) is 0 Å². The third-order valence-corrected chi connectivity index (χ3v) is 1.29. The molecule has 0 saturated heterocycles. The normalized spacial score (nSPS) is 12.1. The van der Waals surface area contributed by atoms with Crippen LogP contribution in [0, 0.1) is 0 Å². The number of amides is 1. The molecular formula is C5H7N5O4. The minimum absolute atomic E-state index is 0.220. The number of hydrogen-bond acceptors (Lipinski definition) is 6. The Bertz CT molecular complexity index is 323. The Hall–Kier alpha value is -2.03. The number of carboxylic acids is 1. The number of aliphatic carboxylic acids is 1. The van der Waals surface area contributed by atoms with Gasteiger partial charge in [0.2, 0.25) is 0 Å². The molecular weight excluding hydrogens is 194 g/mol. The molecule has 76 valence electrons. The van der Waals surface area contributed by atoms with Crippen LogP contribution < -0.4 is 5.32 Å². The Morgan fingerprint density at radius 2 is 2.29 bits per heavy atom. The fourth-order valence-electron chi connectivity index (χ4n) is 0.614. The molecule has 1 atom stereocenters. The number of rotatable bonds is 4. The molecule has 1 amide bonds. The average Bonchev–Trinajstić information content (AvgIpc) is 2.66. The number of aromatic nitrogens is 4. The molecule has 1 rings (SSSR count). The van der Waals surface area contributed by atoms with E-state index in [1.165, 1.54) is 0 Å². The monoisotopic (exact) mass is 201 g/mol. The zero-order valence-electron chi connectivity index (χ0n) is 6.84. The highest BCUT2D eigenvalue weighted by atomic mass is 16.4. The van der Waals surface area contributed by atoms with Gasteiger partial charge in [0.1, 0.15) is 0 Å². The number of carbonyl (C=O) groups excluding carboxylic acids is 1. The number of aliphatic hydroxyl groups is 1. The number of aliphatic hydroxyl groups excluding tert-OH is 1. The summed E-state index contributed by atoms with van der Waals surface area (Å²) in [6, 6.07) is 0. The first-order valence-corrected chi connectivity index (χ1v) is 3.53. The van der Waals surface area contributed by atoms with Crippen LogP contribution in [0.5, 0.6) is 0 Å². The molecule has 0 aliphatic carbocycles. The van der Waals surface area contributed by atoms with Crippen LogP contribution in [-0.4, -0.2) is 55.4 Å². The number of carboxylic acid groups (broad SMARTS) is 1. The van der Waals surface area contributed by atoms with Crippen molar-refractivity contribution in [1.82, 2.24) is 25.9 Å². The van der Waals surface area contributed by atoms with Gasteiger partial charge in [-0.15, -0.1) is 10.2 Å². The molecule has 0 aliphatic heterocycles. The smallest absolute Gasteiger partial charge is 0.334 e. The van der Waals surface area contributed by atoms with E-state index in [9.17, 15) is 9.59 Å². The van der Waals surface area contributed by atoms with Crippen LogP contribution >= 0.6 is 0 Å². The summed E-state index contributed by atoms with van der Waals surface area (Å²) in [5.41, 5.74) is 0. The van der Waals surface area contributed by atoms with Crippen LogP contribution in [0.4, 0.5) is 0 Å². The molecule has 0 spiro atoms. The first kappa shape index (κ1) is 10.1. The van der Waals surface area contributed by atoms with Gasteiger partial charge >= 0.3 is 5.97 Å². The van der Waals surface area contributed by atoms with Crippen LogP contribution in [0.15, 0.2) is 0 Å². The molecule has 1 aromatic rings. The highest BCUT2D eigenvalue weighted by Gasteiger charge is 2.16. The molecule has 9 nitrogen and oxygen atoms in total. The van der Waals surface area contributed by atoms with Crippen LogP contribution in [0.3, 0.4) is 0 Å². The summed E-state index contributed by atoms with van der Waals surface area (Å²) >= 11 is 0. The van der Waals surface area contributed by atoms with E-state index in [2.05, 4.69) is 25.9 Å². The predicted molar refractivity (Wildman–Crippen MR) is 40.2 cm³/mol. The Morgan fingerprint density at radius 1 is 1.57 bits per heavy atom. The first-order chi connectivity index (χ1) is 6.61. The van der Waals surface area contributed by atoms with Gasteiger partial charge in [0, 0.05) is 0 Å². The third kappa shape index (κ3) is 2.48. The van der Waals surface area contributed by atoms with Gasteiger partial charge in [-0.3, -0.25) is 4.79 Å². The molecule has 9 heteroatoms. The fourth-order valence-corrected chi connectivity index (χ4v) is 0.614. The zero-order chi connectivity index (χ0) is 10.6. The van der Waals surface area contributed by atoms with Crippen molar-refractivity contribution in [3.63, 3.8) is 0 Å². The van der Waals surface area contributed by atoms with E-state index in [4.69, 9.17) is 10.2 Å². The predicted octanol–water partition coefficient (Wildman–Crippen LogP) is -2.62. The summed E-state index contributed by atoms with van der Waals surface area (Å²) in [6.45, 7) is -0.414. The van der Waals surface area contributed by atoms with Crippen LogP contribution in [0.1, 0.15) is 10.6 Å².